The fourth-order valence-corrected chi connectivity index (χ4v) is 3.15. The molecule has 1 aromatic heterocycles. The van der Waals surface area contributed by atoms with Gasteiger partial charge in [0.15, 0.2) is 5.82 Å². The van der Waals surface area contributed by atoms with Crippen LogP contribution >= 0.6 is 0 Å². The highest BCUT2D eigenvalue weighted by atomic mass is 16.5. The Hall–Kier alpha value is -3.61. The Morgan fingerprint density at radius 1 is 1.00 bits per heavy atom. The first-order valence-corrected chi connectivity index (χ1v) is 10.5. The van der Waals surface area contributed by atoms with Crippen LogP contribution in [0.3, 0.4) is 0 Å². The lowest BCUT2D eigenvalue weighted by atomic mass is 10.2. The Balaban J connectivity index is 1.99. The molecule has 0 aliphatic heterocycles. The van der Waals surface area contributed by atoms with Crippen molar-refractivity contribution in [1.29, 1.82) is 0 Å². The molecule has 2 aromatic carbocycles. The Kier molecular flexibility index (Phi) is 7.81. The van der Waals surface area contributed by atoms with Crippen LogP contribution in [0.4, 0.5) is 10.6 Å². The molecule has 1 N–H and O–H groups in total. The lowest BCUT2D eigenvalue weighted by Crippen LogP contribution is -2.41. The van der Waals surface area contributed by atoms with E-state index in [1.165, 1.54) is 4.90 Å². The third-order valence-corrected chi connectivity index (χ3v) is 4.64. The van der Waals surface area contributed by atoms with Gasteiger partial charge in [0.2, 0.25) is 0 Å². The number of rotatable bonds is 9. The average molecular weight is 421 g/mol. The van der Waals surface area contributed by atoms with Gasteiger partial charge in [-0.3, -0.25) is 9.58 Å². The number of carbonyl (C=O) groups is 2. The summed E-state index contributed by atoms with van der Waals surface area (Å²) in [5.74, 6) is -0.218. The summed E-state index contributed by atoms with van der Waals surface area (Å²) in [5, 5.41) is 7.51. The number of carbonyl (C=O) groups excluding carboxylic acids is 2. The molecule has 2 amide bonds. The summed E-state index contributed by atoms with van der Waals surface area (Å²) in [6.07, 6.45) is 2.45. The summed E-state index contributed by atoms with van der Waals surface area (Å²) < 4.78 is 6.91. The molecular weight excluding hydrogens is 392 g/mol. The number of esters is 1. The third kappa shape index (κ3) is 5.94. The van der Waals surface area contributed by atoms with Crippen molar-refractivity contribution in [2.24, 2.45) is 0 Å². The van der Waals surface area contributed by atoms with Gasteiger partial charge >= 0.3 is 12.0 Å². The zero-order valence-corrected chi connectivity index (χ0v) is 18.0. The number of hydrogen-bond donors (Lipinski definition) is 1. The van der Waals surface area contributed by atoms with Crippen molar-refractivity contribution in [1.82, 2.24) is 15.1 Å². The van der Waals surface area contributed by atoms with E-state index in [-0.39, 0.29) is 30.6 Å². The lowest BCUT2D eigenvalue weighted by molar-refractivity contribution is 0.0527. The molecule has 0 atom stereocenters. The fraction of sp³-hybridized carbons (Fsp3) is 0.292. The Bertz CT molecular complexity index is 987. The number of amides is 2. The smallest absolute Gasteiger partial charge is 0.343 e. The molecule has 3 rings (SSSR count). The highest BCUT2D eigenvalue weighted by Gasteiger charge is 2.27. The van der Waals surface area contributed by atoms with Crippen molar-refractivity contribution in [2.45, 2.75) is 33.4 Å². The molecule has 0 bridgehead atoms. The first-order valence-electron chi connectivity index (χ1n) is 10.5. The minimum absolute atomic E-state index is 0.239. The van der Waals surface area contributed by atoms with Gasteiger partial charge in [-0.1, -0.05) is 67.6 Å². The van der Waals surface area contributed by atoms with Crippen LogP contribution in [0.15, 0.2) is 66.9 Å². The van der Waals surface area contributed by atoms with Crippen molar-refractivity contribution in [2.75, 3.05) is 18.1 Å². The molecule has 0 aliphatic rings. The second-order valence-corrected chi connectivity index (χ2v) is 7.07. The topological polar surface area (TPSA) is 76.5 Å². The van der Waals surface area contributed by atoms with Crippen molar-refractivity contribution in [3.8, 4) is 0 Å². The molecule has 0 saturated carbocycles. The Labute approximate surface area is 182 Å². The van der Waals surface area contributed by atoms with Crippen molar-refractivity contribution >= 4 is 17.8 Å². The maximum absolute atomic E-state index is 13.0. The van der Waals surface area contributed by atoms with Gasteiger partial charge in [0.05, 0.1) is 19.7 Å². The van der Waals surface area contributed by atoms with Crippen LogP contribution in [-0.2, 0) is 17.8 Å². The van der Waals surface area contributed by atoms with Gasteiger partial charge in [0, 0.05) is 12.7 Å². The molecule has 0 radical (unpaired) electrons. The number of anilines is 1. The molecule has 0 fully saturated rings. The number of aromatic nitrogens is 2. The van der Waals surface area contributed by atoms with Gasteiger partial charge in [0.1, 0.15) is 5.56 Å². The van der Waals surface area contributed by atoms with E-state index in [4.69, 9.17) is 4.74 Å². The Morgan fingerprint density at radius 2 is 1.65 bits per heavy atom. The van der Waals surface area contributed by atoms with Gasteiger partial charge in [0.25, 0.3) is 0 Å². The quantitative estimate of drug-likeness (QED) is 0.526. The molecule has 3 aromatic rings. The van der Waals surface area contributed by atoms with Gasteiger partial charge in [-0.15, -0.1) is 0 Å². The number of urea groups is 1. The highest BCUT2D eigenvalue weighted by Crippen LogP contribution is 2.23. The van der Waals surface area contributed by atoms with Crippen LogP contribution in [0.1, 0.15) is 41.8 Å². The summed E-state index contributed by atoms with van der Waals surface area (Å²) in [5.41, 5.74) is 2.24. The number of hydrogen-bond acceptors (Lipinski definition) is 4. The molecule has 1 heterocycles. The van der Waals surface area contributed by atoms with Crippen LogP contribution in [-0.4, -0.2) is 34.9 Å². The monoisotopic (exact) mass is 420 g/mol. The molecule has 0 saturated heterocycles. The van der Waals surface area contributed by atoms with Crippen molar-refractivity contribution < 1.29 is 14.3 Å². The second-order valence-electron chi connectivity index (χ2n) is 7.07. The van der Waals surface area contributed by atoms with E-state index in [9.17, 15) is 9.59 Å². The number of ether oxygens (including phenoxy) is 1. The van der Waals surface area contributed by atoms with Crippen LogP contribution in [0.5, 0.6) is 0 Å². The third-order valence-electron chi connectivity index (χ3n) is 4.64. The van der Waals surface area contributed by atoms with Crippen molar-refractivity contribution in [3.63, 3.8) is 0 Å². The highest BCUT2D eigenvalue weighted by molar-refractivity contribution is 6.00. The minimum Gasteiger partial charge on any atom is -0.462 e. The van der Waals surface area contributed by atoms with E-state index in [1.807, 2.05) is 67.6 Å². The summed E-state index contributed by atoms with van der Waals surface area (Å²) in [6, 6.07) is 19.1. The van der Waals surface area contributed by atoms with Gasteiger partial charge in [-0.25, -0.2) is 9.59 Å². The minimum atomic E-state index is -0.502. The second kappa shape index (κ2) is 11.0. The van der Waals surface area contributed by atoms with Gasteiger partial charge in [-0.2, -0.15) is 5.10 Å². The SMILES string of the molecule is CCCNC(=O)N(Cc1ccccc1)c1nn(Cc2ccccc2)cc1C(=O)OCC. The van der Waals surface area contributed by atoms with E-state index in [0.717, 1.165) is 17.5 Å². The largest absolute Gasteiger partial charge is 0.462 e. The van der Waals surface area contributed by atoms with Gasteiger partial charge < -0.3 is 10.1 Å². The lowest BCUT2D eigenvalue weighted by Gasteiger charge is -2.22. The van der Waals surface area contributed by atoms with E-state index < -0.39 is 5.97 Å². The van der Waals surface area contributed by atoms with Crippen LogP contribution in [0.25, 0.3) is 0 Å². The number of benzene rings is 2. The zero-order valence-electron chi connectivity index (χ0n) is 18.0. The van der Waals surface area contributed by atoms with Gasteiger partial charge in [-0.05, 0) is 24.5 Å². The molecule has 0 aliphatic carbocycles. The van der Waals surface area contributed by atoms with Crippen LogP contribution in [0.2, 0.25) is 0 Å². The van der Waals surface area contributed by atoms with Crippen molar-refractivity contribution in [3.05, 3.63) is 83.6 Å². The normalized spacial score (nSPS) is 10.5. The summed E-state index contributed by atoms with van der Waals surface area (Å²) >= 11 is 0. The first kappa shape index (κ1) is 22.1. The molecule has 162 valence electrons. The maximum Gasteiger partial charge on any atom is 0.343 e. The number of nitrogens with one attached hydrogen (secondary N) is 1. The van der Waals surface area contributed by atoms with E-state index in [1.54, 1.807) is 17.8 Å². The van der Waals surface area contributed by atoms with Crippen LogP contribution < -0.4 is 10.2 Å². The summed E-state index contributed by atoms with van der Waals surface area (Å²) in [6.45, 7) is 5.27. The molecule has 7 nitrogen and oxygen atoms in total. The fourth-order valence-electron chi connectivity index (χ4n) is 3.15. The van der Waals surface area contributed by atoms with E-state index in [2.05, 4.69) is 10.4 Å². The predicted octanol–water partition coefficient (Wildman–Crippen LogP) is 4.23. The predicted molar refractivity (Wildman–Crippen MR) is 120 cm³/mol. The maximum atomic E-state index is 13.0. The average Bonchev–Trinajstić information content (AvgIpc) is 3.21. The number of nitrogens with zero attached hydrogens (tertiary/aromatic N) is 3. The zero-order chi connectivity index (χ0) is 22.1. The summed E-state index contributed by atoms with van der Waals surface area (Å²) in [4.78, 5) is 27.2. The van der Waals surface area contributed by atoms with Crippen LogP contribution in [0, 0.1) is 0 Å². The molecule has 0 unspecified atom stereocenters. The molecular formula is C24H28N4O3. The Morgan fingerprint density at radius 3 is 2.26 bits per heavy atom. The molecule has 0 spiro atoms. The first-order chi connectivity index (χ1) is 15.1. The molecule has 7 heteroatoms. The molecule has 31 heavy (non-hydrogen) atoms. The van der Waals surface area contributed by atoms with E-state index >= 15 is 0 Å². The standard InChI is InChI=1S/C24H28N4O3/c1-3-15-25-24(30)28(17-20-13-9-6-10-14-20)22-21(23(29)31-4-2)18-27(26-22)16-19-11-7-5-8-12-19/h5-14,18H,3-4,15-17H2,1-2H3,(H,25,30). The van der Waals surface area contributed by atoms with E-state index in [0.29, 0.717) is 13.1 Å². The summed E-state index contributed by atoms with van der Waals surface area (Å²) in [7, 11) is 0.